The maximum absolute atomic E-state index is 12.7. The Morgan fingerprint density at radius 1 is 0.929 bits per heavy atom. The van der Waals surface area contributed by atoms with Gasteiger partial charge in [0.25, 0.3) is 0 Å². The van der Waals surface area contributed by atoms with E-state index in [1.807, 2.05) is 13.0 Å². The Bertz CT molecular complexity index is 1030. The number of benzene rings is 1. The van der Waals surface area contributed by atoms with Gasteiger partial charge in [-0.15, -0.1) is 0 Å². The van der Waals surface area contributed by atoms with Crippen molar-refractivity contribution in [1.29, 1.82) is 0 Å². The summed E-state index contributed by atoms with van der Waals surface area (Å²) in [7, 11) is 0. The predicted octanol–water partition coefficient (Wildman–Crippen LogP) is 5.58. The lowest BCUT2D eigenvalue weighted by Gasteiger charge is -2.14. The highest BCUT2D eigenvalue weighted by molar-refractivity contribution is 6.33. The molecule has 6 nitrogen and oxygen atoms in total. The molecule has 0 saturated heterocycles. The van der Waals surface area contributed by atoms with Crippen molar-refractivity contribution < 1.29 is 13.2 Å². The largest absolute Gasteiger partial charge is 0.417 e. The van der Waals surface area contributed by atoms with Gasteiger partial charge in [-0.05, 0) is 30.7 Å². The van der Waals surface area contributed by atoms with Crippen LogP contribution in [0.3, 0.4) is 0 Å². The summed E-state index contributed by atoms with van der Waals surface area (Å²) in [5.74, 6) is 0.384. The summed E-state index contributed by atoms with van der Waals surface area (Å²) in [4.78, 5) is 11.7. The zero-order chi connectivity index (χ0) is 20.5. The Morgan fingerprint density at radius 2 is 1.61 bits per heavy atom. The van der Waals surface area contributed by atoms with E-state index in [1.165, 1.54) is 6.33 Å². The number of nitrogens with two attached hydrogens (primary N) is 1. The van der Waals surface area contributed by atoms with Crippen LogP contribution in [0.5, 0.6) is 0 Å². The number of nitrogens with one attached hydrogen (secondary N) is 2. The van der Waals surface area contributed by atoms with Gasteiger partial charge >= 0.3 is 6.18 Å². The third-order valence-electron chi connectivity index (χ3n) is 3.72. The molecule has 4 N–H and O–H groups in total. The van der Waals surface area contributed by atoms with E-state index in [1.54, 1.807) is 12.1 Å². The van der Waals surface area contributed by atoms with Crippen molar-refractivity contribution in [3.8, 4) is 0 Å². The lowest BCUT2D eigenvalue weighted by Crippen LogP contribution is -2.08. The number of nitrogens with zero attached hydrogens (tertiary/aromatic N) is 3. The molecule has 0 spiro atoms. The summed E-state index contributed by atoms with van der Waals surface area (Å²) in [6, 6.07) is 6.10. The Labute approximate surface area is 167 Å². The molecule has 0 saturated carbocycles. The molecule has 11 heteroatoms. The molecule has 0 aliphatic carbocycles. The molecule has 0 bridgehead atoms. The molecular formula is C17H13Cl2F3N6. The standard InChI is InChI=1S/C17H13Cl2F3N6/c1-8-2-3-10(5-11(8)18)27-15-13(23)16(26-7-25-15)28-14-12(19)4-9(6-24-14)17(20,21)22/h2-7H,23H2,1H3,(H2,24,25,26,27,28). The van der Waals surface area contributed by atoms with Crippen molar-refractivity contribution in [3.05, 3.63) is 58.0 Å². The highest BCUT2D eigenvalue weighted by atomic mass is 35.5. The van der Waals surface area contributed by atoms with E-state index in [-0.39, 0.29) is 28.2 Å². The first-order valence-corrected chi connectivity index (χ1v) is 8.54. The van der Waals surface area contributed by atoms with E-state index < -0.39 is 11.7 Å². The summed E-state index contributed by atoms with van der Waals surface area (Å²) < 4.78 is 38.2. The number of hydrogen-bond donors (Lipinski definition) is 3. The molecule has 146 valence electrons. The van der Waals surface area contributed by atoms with E-state index >= 15 is 0 Å². The highest BCUT2D eigenvalue weighted by Gasteiger charge is 2.31. The first kappa shape index (κ1) is 20.0. The van der Waals surface area contributed by atoms with E-state index in [0.29, 0.717) is 16.9 Å². The summed E-state index contributed by atoms with van der Waals surface area (Å²) >= 11 is 12.0. The Balaban J connectivity index is 1.86. The van der Waals surface area contributed by atoms with E-state index in [4.69, 9.17) is 28.9 Å². The van der Waals surface area contributed by atoms with Crippen molar-refractivity contribution in [3.63, 3.8) is 0 Å². The van der Waals surface area contributed by atoms with E-state index in [2.05, 4.69) is 25.6 Å². The van der Waals surface area contributed by atoms with Gasteiger partial charge in [-0.3, -0.25) is 0 Å². The first-order valence-electron chi connectivity index (χ1n) is 7.78. The number of pyridine rings is 1. The number of halogens is 5. The number of aromatic nitrogens is 3. The smallest absolute Gasteiger partial charge is 0.393 e. The number of alkyl halides is 3. The van der Waals surface area contributed by atoms with Crippen molar-refractivity contribution in [2.45, 2.75) is 13.1 Å². The second-order valence-corrected chi connectivity index (χ2v) is 6.57. The maximum atomic E-state index is 12.7. The predicted molar refractivity (Wildman–Crippen MR) is 103 cm³/mol. The molecule has 2 aromatic heterocycles. The third kappa shape index (κ3) is 4.37. The fraction of sp³-hybridized carbons (Fsp3) is 0.118. The van der Waals surface area contributed by atoms with Crippen LogP contribution in [0.25, 0.3) is 0 Å². The van der Waals surface area contributed by atoms with E-state index in [0.717, 1.165) is 11.6 Å². The number of aryl methyl sites for hydroxylation is 1. The first-order chi connectivity index (χ1) is 13.1. The topological polar surface area (TPSA) is 88.8 Å². The Kier molecular flexibility index (Phi) is 5.48. The van der Waals surface area contributed by atoms with Crippen molar-refractivity contribution in [2.75, 3.05) is 16.4 Å². The molecule has 0 unspecified atom stereocenters. The van der Waals surface area contributed by atoms with Gasteiger partial charge in [0.1, 0.15) is 17.8 Å². The molecule has 0 radical (unpaired) electrons. The van der Waals surface area contributed by atoms with Gasteiger partial charge in [0.2, 0.25) is 0 Å². The molecule has 0 aliphatic heterocycles. The number of rotatable bonds is 4. The van der Waals surface area contributed by atoms with Gasteiger partial charge in [0.05, 0.1) is 10.6 Å². The van der Waals surface area contributed by atoms with Gasteiger partial charge < -0.3 is 16.4 Å². The zero-order valence-corrected chi connectivity index (χ0v) is 15.8. The Hall–Kier alpha value is -2.78. The molecule has 3 rings (SSSR count). The molecule has 0 fully saturated rings. The summed E-state index contributed by atoms with van der Waals surface area (Å²) in [6.07, 6.45) is -2.65. The third-order valence-corrected chi connectivity index (χ3v) is 4.42. The maximum Gasteiger partial charge on any atom is 0.417 e. The Morgan fingerprint density at radius 3 is 2.21 bits per heavy atom. The lowest BCUT2D eigenvalue weighted by molar-refractivity contribution is -0.137. The minimum absolute atomic E-state index is 0.0237. The zero-order valence-electron chi connectivity index (χ0n) is 14.3. The van der Waals surface area contributed by atoms with Crippen LogP contribution in [0.1, 0.15) is 11.1 Å². The van der Waals surface area contributed by atoms with Crippen LogP contribution in [0.2, 0.25) is 10.0 Å². The molecule has 2 heterocycles. The normalized spacial score (nSPS) is 11.4. The minimum atomic E-state index is -4.55. The number of nitrogen functional groups attached to an aromatic ring is 1. The van der Waals surface area contributed by atoms with E-state index in [9.17, 15) is 13.2 Å². The number of anilines is 5. The molecule has 0 atom stereocenters. The van der Waals surface area contributed by atoms with Gasteiger partial charge in [-0.2, -0.15) is 13.2 Å². The van der Waals surface area contributed by atoms with Gasteiger partial charge in [0, 0.05) is 16.9 Å². The van der Waals surface area contributed by atoms with Crippen molar-refractivity contribution in [2.24, 2.45) is 0 Å². The average Bonchev–Trinajstić information content (AvgIpc) is 2.62. The second kappa shape index (κ2) is 7.69. The fourth-order valence-corrected chi connectivity index (χ4v) is 2.59. The molecule has 1 aromatic carbocycles. The SMILES string of the molecule is Cc1ccc(Nc2ncnc(Nc3ncc(C(F)(F)F)cc3Cl)c2N)cc1Cl. The van der Waals surface area contributed by atoms with Gasteiger partial charge in [-0.25, -0.2) is 15.0 Å². The van der Waals surface area contributed by atoms with Crippen molar-refractivity contribution in [1.82, 2.24) is 15.0 Å². The van der Waals surface area contributed by atoms with Gasteiger partial charge in [0.15, 0.2) is 11.6 Å². The van der Waals surface area contributed by atoms with Crippen LogP contribution in [-0.2, 0) is 6.18 Å². The molecule has 0 aliphatic rings. The number of hydrogen-bond acceptors (Lipinski definition) is 6. The summed E-state index contributed by atoms with van der Waals surface area (Å²) in [5, 5.41) is 6.06. The quantitative estimate of drug-likeness (QED) is 0.502. The van der Waals surface area contributed by atoms with Crippen molar-refractivity contribution >= 4 is 52.0 Å². The summed E-state index contributed by atoms with van der Waals surface area (Å²) in [6.45, 7) is 1.87. The van der Waals surface area contributed by atoms with Gasteiger partial charge in [-0.1, -0.05) is 29.3 Å². The van der Waals surface area contributed by atoms with Crippen LogP contribution in [0.15, 0.2) is 36.8 Å². The molecule has 3 aromatic rings. The minimum Gasteiger partial charge on any atom is -0.393 e. The van der Waals surface area contributed by atoms with Crippen LogP contribution in [0, 0.1) is 6.92 Å². The average molecular weight is 429 g/mol. The lowest BCUT2D eigenvalue weighted by atomic mass is 10.2. The fourth-order valence-electron chi connectivity index (χ4n) is 2.20. The molecular weight excluding hydrogens is 416 g/mol. The monoisotopic (exact) mass is 428 g/mol. The summed E-state index contributed by atoms with van der Waals surface area (Å²) in [5.41, 5.74) is 6.78. The molecule has 0 amide bonds. The van der Waals surface area contributed by atoms with Crippen LogP contribution in [-0.4, -0.2) is 15.0 Å². The second-order valence-electron chi connectivity index (χ2n) is 5.75. The van der Waals surface area contributed by atoms with Crippen LogP contribution >= 0.6 is 23.2 Å². The molecule has 28 heavy (non-hydrogen) atoms. The van der Waals surface area contributed by atoms with Crippen LogP contribution in [0.4, 0.5) is 42.0 Å². The highest BCUT2D eigenvalue weighted by Crippen LogP contribution is 2.34. The van der Waals surface area contributed by atoms with Crippen LogP contribution < -0.4 is 16.4 Å².